The van der Waals surface area contributed by atoms with Crippen LogP contribution in [0.5, 0.6) is 5.75 Å². The van der Waals surface area contributed by atoms with Crippen molar-refractivity contribution in [2.24, 2.45) is 5.14 Å². The number of alkyl halides is 6. The third-order valence-corrected chi connectivity index (χ3v) is 12.8. The van der Waals surface area contributed by atoms with E-state index < -0.39 is 73.8 Å². The number of aromatic nitrogens is 4. The number of aliphatic hydroxyl groups excluding tert-OH is 2. The van der Waals surface area contributed by atoms with E-state index in [4.69, 9.17) is 25.4 Å². The highest BCUT2D eigenvalue weighted by atomic mass is 32.2. The van der Waals surface area contributed by atoms with Gasteiger partial charge in [-0.3, -0.25) is 9.36 Å². The fraction of sp³-hybridized carbons (Fsp3) is 0.474. The number of fused-ring (bicyclic) bond motifs is 4. The summed E-state index contributed by atoms with van der Waals surface area (Å²) in [5.41, 5.74) is 10.5. The molecule has 0 aliphatic heterocycles. The van der Waals surface area contributed by atoms with Crippen LogP contribution < -0.4 is 19.9 Å². The lowest BCUT2D eigenvalue weighted by Crippen LogP contribution is -2.35. The molecule has 24 heteroatoms. The molecule has 4 aliphatic carbocycles. The zero-order valence-corrected chi connectivity index (χ0v) is 34.4. The first-order valence-electron chi connectivity index (χ1n) is 19.4. The summed E-state index contributed by atoms with van der Waals surface area (Å²) in [6.07, 6.45) is 1.12. The van der Waals surface area contributed by atoms with E-state index >= 15 is 0 Å². The fourth-order valence-electron chi connectivity index (χ4n) is 7.96. The molecule has 2 atom stereocenters. The number of hydrogen-bond acceptors (Lipinski definition) is 11. The number of nitrogens with one attached hydrogen (secondary N) is 2. The van der Waals surface area contributed by atoms with Crippen molar-refractivity contribution in [1.29, 1.82) is 5.26 Å². The number of nitriles is 1. The van der Waals surface area contributed by atoms with Crippen molar-refractivity contribution in [3.8, 4) is 12.0 Å². The first-order chi connectivity index (χ1) is 29.0. The Bertz CT molecular complexity index is 2520. The lowest BCUT2D eigenvalue weighted by Gasteiger charge is -2.16. The molecular weight excluding hydrogens is 875 g/mol. The number of benzene rings is 2. The normalized spacial score (nSPS) is 16.3. The van der Waals surface area contributed by atoms with Gasteiger partial charge in [-0.15, -0.1) is 5.26 Å². The molecule has 0 fully saturated rings. The average Bonchev–Trinajstić information content (AvgIpc) is 4.02. The molecule has 16 nitrogen and oxygen atoms in total. The van der Waals surface area contributed by atoms with Crippen LogP contribution in [-0.2, 0) is 84.5 Å². The van der Waals surface area contributed by atoms with Gasteiger partial charge in [0.2, 0.25) is 0 Å². The van der Waals surface area contributed by atoms with Crippen LogP contribution in [0.1, 0.15) is 70.2 Å². The average molecular weight is 917 g/mol. The molecule has 0 bridgehead atoms. The van der Waals surface area contributed by atoms with Gasteiger partial charge in [0, 0.05) is 18.1 Å². The number of halogens is 6. The second kappa shape index (κ2) is 18.2. The standard InChI is InChI=1S/C19H21F3N4O4S.C13H13NO.C6H8F3N3O3S/c20-19(21,22)15(27)10-26-8-7-16(24-26)31(29,30)25-18(28)23-17-13-5-1-3-11(13)9-12-4-2-6-14(12)17;14-8-15-13-11-5-1-3-9(11)7-10-4-2-6-12(10)13;7-6(8,9)4(13)3-12-2-1-5(11-12)16(10,14)15/h7-9,15,27H,1-6,10H2,(H2,23,25,28);7H,1-6H2;1-2,4,13H,3H2,(H2,10,14,15). The Kier molecular flexibility index (Phi) is 13.6. The van der Waals surface area contributed by atoms with Gasteiger partial charge in [0.1, 0.15) is 5.75 Å². The predicted molar refractivity (Wildman–Crippen MR) is 207 cm³/mol. The van der Waals surface area contributed by atoms with E-state index in [0.717, 1.165) is 106 Å². The highest BCUT2D eigenvalue weighted by molar-refractivity contribution is 7.90. The summed E-state index contributed by atoms with van der Waals surface area (Å²) in [6.45, 7) is -1.85. The van der Waals surface area contributed by atoms with Crippen molar-refractivity contribution >= 4 is 31.8 Å². The number of nitrogens with zero attached hydrogens (tertiary/aromatic N) is 5. The predicted octanol–water partition coefficient (Wildman–Crippen LogP) is 4.27. The van der Waals surface area contributed by atoms with Gasteiger partial charge < -0.3 is 20.3 Å². The molecule has 2 aromatic carbocycles. The third kappa shape index (κ3) is 10.9. The largest absolute Gasteiger partial charge is 0.416 e. The lowest BCUT2D eigenvalue weighted by atomic mass is 9.99. The topological polar surface area (TPSA) is 245 Å². The van der Waals surface area contributed by atoms with E-state index in [1.165, 1.54) is 46.2 Å². The van der Waals surface area contributed by atoms with Crippen LogP contribution in [0.2, 0.25) is 0 Å². The first-order valence-corrected chi connectivity index (χ1v) is 22.4. The minimum absolute atomic E-state index is 0.554. The summed E-state index contributed by atoms with van der Waals surface area (Å²) < 4.78 is 128. The Morgan fingerprint density at radius 2 is 1.15 bits per heavy atom. The quantitative estimate of drug-likeness (QED) is 0.117. The number of ether oxygens (including phenoxy) is 1. The van der Waals surface area contributed by atoms with E-state index in [9.17, 15) is 48.0 Å². The van der Waals surface area contributed by atoms with Crippen molar-refractivity contribution in [2.45, 2.75) is 125 Å². The van der Waals surface area contributed by atoms with Crippen LogP contribution in [0.25, 0.3) is 0 Å². The van der Waals surface area contributed by atoms with Gasteiger partial charge in [-0.25, -0.2) is 23.1 Å². The molecule has 0 saturated carbocycles. The summed E-state index contributed by atoms with van der Waals surface area (Å²) in [5.74, 6) is 0.903. The molecule has 0 spiro atoms. The van der Waals surface area contributed by atoms with Gasteiger partial charge >= 0.3 is 18.4 Å². The number of anilines is 1. The number of rotatable bonds is 9. The number of amides is 2. The Balaban J connectivity index is 0.000000173. The summed E-state index contributed by atoms with van der Waals surface area (Å²) in [4.78, 5) is 12.5. The van der Waals surface area contributed by atoms with Gasteiger partial charge in [-0.2, -0.15) is 45.0 Å². The number of hydrogen-bond donors (Lipinski definition) is 5. The summed E-state index contributed by atoms with van der Waals surface area (Å²) in [7, 11) is -8.46. The van der Waals surface area contributed by atoms with Crippen molar-refractivity contribution in [3.05, 3.63) is 81.2 Å². The van der Waals surface area contributed by atoms with Gasteiger partial charge in [-0.1, -0.05) is 12.1 Å². The number of nitrogens with two attached hydrogens (primary N) is 1. The van der Waals surface area contributed by atoms with E-state index in [0.29, 0.717) is 15.1 Å². The maximum atomic E-state index is 12.5. The SMILES string of the molecule is N#COc1c2c(cc3c1CCC3)CCC2.NS(=O)(=O)c1ccn(CC(O)C(F)(F)F)n1.O=C(Nc1c2c(cc3c1CCC3)CCC2)NS(=O)(=O)c1ccn(CC(O)C(F)(F)F)n1. The Morgan fingerprint density at radius 1 is 0.742 bits per heavy atom. The smallest absolute Gasteiger partial charge is 0.387 e. The molecule has 4 aromatic rings. The minimum atomic E-state index is -4.86. The number of aliphatic hydroxyl groups is 2. The zero-order valence-electron chi connectivity index (χ0n) is 32.8. The Morgan fingerprint density at radius 3 is 1.55 bits per heavy atom. The van der Waals surface area contributed by atoms with Crippen molar-refractivity contribution in [1.82, 2.24) is 24.3 Å². The molecule has 8 rings (SSSR count). The number of sulfonamides is 2. The molecule has 0 saturated heterocycles. The number of primary sulfonamides is 1. The second-order valence-electron chi connectivity index (χ2n) is 15.1. The molecule has 2 unspecified atom stereocenters. The molecule has 2 heterocycles. The Labute approximate surface area is 351 Å². The van der Waals surface area contributed by atoms with E-state index in [-0.39, 0.29) is 0 Å². The number of aryl methyl sites for hydroxylation is 4. The number of urea groups is 1. The first kappa shape index (κ1) is 46.3. The van der Waals surface area contributed by atoms with Crippen LogP contribution in [-0.4, -0.2) is 77.2 Å². The molecule has 2 aromatic heterocycles. The summed E-state index contributed by atoms with van der Waals surface area (Å²) >= 11 is 0. The van der Waals surface area contributed by atoms with Crippen LogP contribution in [0, 0.1) is 11.5 Å². The van der Waals surface area contributed by atoms with E-state index in [1.54, 1.807) is 0 Å². The van der Waals surface area contributed by atoms with Gasteiger partial charge in [0.25, 0.3) is 26.3 Å². The molecule has 0 radical (unpaired) electrons. The van der Waals surface area contributed by atoms with Crippen molar-refractivity contribution < 1.29 is 62.9 Å². The molecule has 2 amide bonds. The molecule has 4 aliphatic rings. The van der Waals surface area contributed by atoms with Crippen molar-refractivity contribution in [2.75, 3.05) is 5.32 Å². The summed E-state index contributed by atoms with van der Waals surface area (Å²) in [5, 5.41) is 39.5. The molecular formula is C38H42F6N8O8S2. The van der Waals surface area contributed by atoms with Crippen LogP contribution in [0.3, 0.4) is 0 Å². The Hall–Kier alpha value is -5.22. The lowest BCUT2D eigenvalue weighted by molar-refractivity contribution is -0.208. The van der Waals surface area contributed by atoms with Crippen LogP contribution in [0.15, 0.2) is 46.7 Å². The second-order valence-corrected chi connectivity index (χ2v) is 18.2. The monoisotopic (exact) mass is 916 g/mol. The number of carbonyl (C=O) groups is 1. The molecule has 62 heavy (non-hydrogen) atoms. The van der Waals surface area contributed by atoms with Gasteiger partial charge in [0.05, 0.1) is 13.1 Å². The minimum Gasteiger partial charge on any atom is -0.387 e. The highest BCUT2D eigenvalue weighted by Crippen LogP contribution is 2.41. The fourth-order valence-corrected chi connectivity index (χ4v) is 9.28. The maximum absolute atomic E-state index is 12.5. The van der Waals surface area contributed by atoms with Gasteiger partial charge in [0.15, 0.2) is 22.3 Å². The maximum Gasteiger partial charge on any atom is 0.416 e. The van der Waals surface area contributed by atoms with Gasteiger partial charge in [-0.05, 0) is 134 Å². The molecule has 336 valence electrons. The van der Waals surface area contributed by atoms with E-state index in [2.05, 4.69) is 27.6 Å². The summed E-state index contributed by atoms with van der Waals surface area (Å²) in [6, 6.07) is 5.45. The van der Waals surface area contributed by atoms with E-state index in [1.807, 2.05) is 11.0 Å². The highest BCUT2D eigenvalue weighted by Gasteiger charge is 2.39. The van der Waals surface area contributed by atoms with Crippen molar-refractivity contribution in [3.63, 3.8) is 0 Å². The zero-order chi connectivity index (χ0) is 45.2. The third-order valence-electron chi connectivity index (χ3n) is 10.8. The molecule has 6 N–H and O–H groups in total. The number of carbonyl (C=O) groups excluding carboxylic acids is 1. The van der Waals surface area contributed by atoms with Crippen LogP contribution in [0.4, 0.5) is 36.8 Å². The van der Waals surface area contributed by atoms with Crippen LogP contribution >= 0.6 is 0 Å².